The Morgan fingerprint density at radius 3 is 2.48 bits per heavy atom. The molecule has 0 aromatic heterocycles. The van der Waals surface area contributed by atoms with Crippen LogP contribution in [0.2, 0.25) is 0 Å². The second-order valence-electron chi connectivity index (χ2n) is 4.81. The summed E-state index contributed by atoms with van der Waals surface area (Å²) >= 11 is 0. The van der Waals surface area contributed by atoms with E-state index in [0.29, 0.717) is 0 Å². The van der Waals surface area contributed by atoms with Gasteiger partial charge >= 0.3 is 5.97 Å². The lowest BCUT2D eigenvalue weighted by atomic mass is 10.1. The zero-order valence-corrected chi connectivity index (χ0v) is 12.3. The zero-order valence-electron chi connectivity index (χ0n) is 12.3. The zero-order chi connectivity index (χ0) is 15.8. The molecule has 1 aromatic carbocycles. The molecule has 1 atom stereocenters. The number of para-hydroxylation sites is 1. The van der Waals surface area contributed by atoms with Crippen molar-refractivity contribution in [2.24, 2.45) is 0 Å². The summed E-state index contributed by atoms with van der Waals surface area (Å²) in [5, 5.41) is 20.1. The molecule has 0 bridgehead atoms. The number of aliphatic carboxylic acids is 1. The van der Waals surface area contributed by atoms with E-state index in [9.17, 15) is 9.59 Å². The molecule has 6 heteroatoms. The SMILES string of the molecule is Cc1cccc(C)c1OCCC(=O)NCCC(O)C(=O)O. The maximum atomic E-state index is 11.5. The number of amides is 1. The number of carbonyl (C=O) groups excluding carboxylic acids is 1. The molecule has 0 heterocycles. The Hall–Kier alpha value is -2.08. The van der Waals surface area contributed by atoms with Crippen molar-refractivity contribution in [3.63, 3.8) is 0 Å². The van der Waals surface area contributed by atoms with Crippen molar-refractivity contribution in [3.05, 3.63) is 29.3 Å². The van der Waals surface area contributed by atoms with Crippen LogP contribution < -0.4 is 10.1 Å². The molecule has 0 aliphatic carbocycles. The van der Waals surface area contributed by atoms with E-state index in [4.69, 9.17) is 14.9 Å². The van der Waals surface area contributed by atoms with Gasteiger partial charge in [-0.15, -0.1) is 0 Å². The maximum Gasteiger partial charge on any atom is 0.332 e. The van der Waals surface area contributed by atoms with Crippen LogP contribution in [0.15, 0.2) is 18.2 Å². The standard InChI is InChI=1S/C15H21NO5/c1-10-4-3-5-11(2)14(10)21-9-7-13(18)16-8-6-12(17)15(19)20/h3-5,12,17H,6-9H2,1-2H3,(H,16,18)(H,19,20). The summed E-state index contributed by atoms with van der Waals surface area (Å²) in [6.07, 6.45) is -1.29. The van der Waals surface area contributed by atoms with Crippen molar-refractivity contribution < 1.29 is 24.5 Å². The third-order valence-electron chi connectivity index (χ3n) is 3.01. The Morgan fingerprint density at radius 2 is 1.90 bits per heavy atom. The van der Waals surface area contributed by atoms with Gasteiger partial charge in [0.15, 0.2) is 6.10 Å². The number of carbonyl (C=O) groups is 2. The minimum atomic E-state index is -1.45. The number of hydrogen-bond donors (Lipinski definition) is 3. The lowest BCUT2D eigenvalue weighted by Gasteiger charge is -2.12. The van der Waals surface area contributed by atoms with Gasteiger partial charge in [-0.1, -0.05) is 18.2 Å². The monoisotopic (exact) mass is 295 g/mol. The molecule has 0 fully saturated rings. The van der Waals surface area contributed by atoms with Gasteiger partial charge < -0.3 is 20.3 Å². The Labute approximate surface area is 123 Å². The first kappa shape index (κ1) is 17.0. The van der Waals surface area contributed by atoms with Gasteiger partial charge in [-0.2, -0.15) is 0 Å². The fourth-order valence-electron chi connectivity index (χ4n) is 1.83. The van der Waals surface area contributed by atoms with Crippen LogP contribution in [-0.4, -0.2) is 41.3 Å². The minimum absolute atomic E-state index is 0.0150. The molecule has 0 radical (unpaired) electrons. The molecule has 1 aromatic rings. The van der Waals surface area contributed by atoms with Crippen LogP contribution in [0.25, 0.3) is 0 Å². The number of rotatable bonds is 8. The molecule has 0 aliphatic heterocycles. The molecule has 0 saturated carbocycles. The van der Waals surface area contributed by atoms with Crippen LogP contribution in [-0.2, 0) is 9.59 Å². The third kappa shape index (κ3) is 5.83. The normalized spacial score (nSPS) is 11.8. The average molecular weight is 295 g/mol. The van der Waals surface area contributed by atoms with Crippen LogP contribution in [0.1, 0.15) is 24.0 Å². The lowest BCUT2D eigenvalue weighted by Crippen LogP contribution is -2.30. The fourth-order valence-corrected chi connectivity index (χ4v) is 1.83. The van der Waals surface area contributed by atoms with Gasteiger partial charge in [0.2, 0.25) is 5.91 Å². The van der Waals surface area contributed by atoms with Gasteiger partial charge in [0, 0.05) is 13.0 Å². The van der Waals surface area contributed by atoms with E-state index in [1.807, 2.05) is 32.0 Å². The van der Waals surface area contributed by atoms with Gasteiger partial charge in [0.25, 0.3) is 0 Å². The summed E-state index contributed by atoms with van der Waals surface area (Å²) in [6.45, 7) is 4.25. The number of carboxylic acids is 1. The molecule has 1 rings (SSSR count). The number of aliphatic hydroxyl groups excluding tert-OH is 1. The van der Waals surface area contributed by atoms with Gasteiger partial charge in [0.05, 0.1) is 13.0 Å². The number of ether oxygens (including phenoxy) is 1. The summed E-state index contributed by atoms with van der Waals surface area (Å²) in [5.74, 6) is -0.743. The van der Waals surface area contributed by atoms with Crippen LogP contribution >= 0.6 is 0 Å². The number of nitrogens with one attached hydrogen (secondary N) is 1. The Bertz CT molecular complexity index is 481. The highest BCUT2D eigenvalue weighted by Gasteiger charge is 2.13. The van der Waals surface area contributed by atoms with Gasteiger partial charge in [-0.3, -0.25) is 4.79 Å². The number of carboxylic acid groups (broad SMARTS) is 1. The van der Waals surface area contributed by atoms with Crippen molar-refractivity contribution >= 4 is 11.9 Å². The minimum Gasteiger partial charge on any atom is -0.493 e. The first-order valence-electron chi connectivity index (χ1n) is 6.78. The van der Waals surface area contributed by atoms with Crippen molar-refractivity contribution in [1.29, 1.82) is 0 Å². The second-order valence-corrected chi connectivity index (χ2v) is 4.81. The largest absolute Gasteiger partial charge is 0.493 e. The second kappa shape index (κ2) is 8.26. The van der Waals surface area contributed by atoms with Crippen LogP contribution in [0, 0.1) is 13.8 Å². The molecule has 3 N–H and O–H groups in total. The molecular weight excluding hydrogens is 274 g/mol. The van der Waals surface area contributed by atoms with E-state index in [0.717, 1.165) is 16.9 Å². The molecule has 1 unspecified atom stereocenters. The Morgan fingerprint density at radius 1 is 1.29 bits per heavy atom. The van der Waals surface area contributed by atoms with Crippen LogP contribution in [0.3, 0.4) is 0 Å². The molecular formula is C15H21NO5. The first-order chi connectivity index (χ1) is 9.91. The molecule has 0 aliphatic rings. The number of aliphatic hydroxyl groups is 1. The maximum absolute atomic E-state index is 11.5. The topological polar surface area (TPSA) is 95.9 Å². The van der Waals surface area contributed by atoms with Crippen molar-refractivity contribution in [2.45, 2.75) is 32.8 Å². The molecule has 116 valence electrons. The highest BCUT2D eigenvalue weighted by molar-refractivity contribution is 5.76. The van der Waals surface area contributed by atoms with Crippen molar-refractivity contribution in [3.8, 4) is 5.75 Å². The molecule has 0 saturated heterocycles. The van der Waals surface area contributed by atoms with Gasteiger partial charge in [0.1, 0.15) is 5.75 Å². The fraction of sp³-hybridized carbons (Fsp3) is 0.467. The molecule has 21 heavy (non-hydrogen) atoms. The van der Waals surface area contributed by atoms with Crippen LogP contribution in [0.4, 0.5) is 0 Å². The smallest absolute Gasteiger partial charge is 0.332 e. The molecule has 6 nitrogen and oxygen atoms in total. The summed E-state index contributed by atoms with van der Waals surface area (Å²) in [7, 11) is 0. The predicted molar refractivity (Wildman–Crippen MR) is 77.3 cm³/mol. The number of hydrogen-bond acceptors (Lipinski definition) is 4. The highest BCUT2D eigenvalue weighted by atomic mass is 16.5. The predicted octanol–water partition coefficient (Wildman–Crippen LogP) is 1.02. The van der Waals surface area contributed by atoms with Crippen molar-refractivity contribution in [1.82, 2.24) is 5.32 Å². The van der Waals surface area contributed by atoms with E-state index in [1.54, 1.807) is 0 Å². The highest BCUT2D eigenvalue weighted by Crippen LogP contribution is 2.22. The van der Waals surface area contributed by atoms with Gasteiger partial charge in [-0.05, 0) is 25.0 Å². The van der Waals surface area contributed by atoms with Gasteiger partial charge in [-0.25, -0.2) is 4.79 Å². The Kier molecular flexibility index (Phi) is 6.68. The van der Waals surface area contributed by atoms with Crippen LogP contribution in [0.5, 0.6) is 5.75 Å². The van der Waals surface area contributed by atoms with E-state index >= 15 is 0 Å². The number of benzene rings is 1. The summed E-state index contributed by atoms with van der Waals surface area (Å²) in [5.41, 5.74) is 2.03. The summed E-state index contributed by atoms with van der Waals surface area (Å²) in [4.78, 5) is 21.9. The van der Waals surface area contributed by atoms with Crippen molar-refractivity contribution in [2.75, 3.05) is 13.2 Å². The Balaban J connectivity index is 2.26. The summed E-state index contributed by atoms with van der Waals surface area (Å²) in [6, 6.07) is 5.82. The number of aryl methyl sites for hydroxylation is 2. The average Bonchev–Trinajstić information content (AvgIpc) is 2.41. The van der Waals surface area contributed by atoms with E-state index in [1.165, 1.54) is 0 Å². The van der Waals surface area contributed by atoms with E-state index in [2.05, 4.69) is 5.32 Å². The quantitative estimate of drug-likeness (QED) is 0.665. The summed E-state index contributed by atoms with van der Waals surface area (Å²) < 4.78 is 5.60. The van der Waals surface area contributed by atoms with E-state index < -0.39 is 12.1 Å². The lowest BCUT2D eigenvalue weighted by molar-refractivity contribution is -0.147. The third-order valence-corrected chi connectivity index (χ3v) is 3.01. The first-order valence-corrected chi connectivity index (χ1v) is 6.78. The molecule has 1 amide bonds. The van der Waals surface area contributed by atoms with E-state index in [-0.39, 0.29) is 31.9 Å². The molecule has 0 spiro atoms.